The molecule has 0 N–H and O–H groups in total. The third kappa shape index (κ3) is 3.62. The predicted octanol–water partition coefficient (Wildman–Crippen LogP) is 2.93. The molecule has 0 saturated heterocycles. The van der Waals surface area contributed by atoms with E-state index in [1.54, 1.807) is 13.2 Å². The summed E-state index contributed by atoms with van der Waals surface area (Å²) in [6.07, 6.45) is 7.30. The van der Waals surface area contributed by atoms with Crippen molar-refractivity contribution in [3.05, 3.63) is 41.7 Å². The molecule has 2 rings (SSSR count). The minimum Gasteiger partial charge on any atom is -0.495 e. The van der Waals surface area contributed by atoms with Crippen molar-refractivity contribution in [2.24, 2.45) is 0 Å². The molecule has 0 heterocycles. The maximum Gasteiger partial charge on any atom is 0.186 e. The lowest BCUT2D eigenvalue weighted by atomic mass is 9.97. The van der Waals surface area contributed by atoms with Crippen LogP contribution in [0.1, 0.15) is 18.9 Å². The van der Waals surface area contributed by atoms with Gasteiger partial charge >= 0.3 is 0 Å². The van der Waals surface area contributed by atoms with Crippen LogP contribution in [0.2, 0.25) is 0 Å². The standard InChI is InChI=1S/C19H26N2O3/c1-6-21(4)19(10-7-11-19)24-16(14-22)12-15-8-9-17(20(2)3)18(13-15)23-5/h7-10,12-14H,6,11H2,1-5H3/b16-12+. The molecule has 1 unspecified atom stereocenters. The summed E-state index contributed by atoms with van der Waals surface area (Å²) >= 11 is 0. The Balaban J connectivity index is 2.27. The SMILES string of the molecule is CCN(C)C1(O/C(C=O)=C/c2ccc(N(C)C)c(OC)c2)C=CC1. The lowest BCUT2D eigenvalue weighted by molar-refractivity contribution is -0.119. The van der Waals surface area contributed by atoms with E-state index in [0.29, 0.717) is 5.76 Å². The molecule has 5 heteroatoms. The molecule has 24 heavy (non-hydrogen) atoms. The largest absolute Gasteiger partial charge is 0.495 e. The highest BCUT2D eigenvalue weighted by atomic mass is 16.5. The predicted molar refractivity (Wildman–Crippen MR) is 97.2 cm³/mol. The highest BCUT2D eigenvalue weighted by Gasteiger charge is 2.38. The first kappa shape index (κ1) is 18.1. The Kier molecular flexibility index (Phi) is 5.67. The van der Waals surface area contributed by atoms with E-state index in [2.05, 4.69) is 11.8 Å². The number of allylic oxidation sites excluding steroid dienone is 1. The van der Waals surface area contributed by atoms with Gasteiger partial charge in [0.25, 0.3) is 0 Å². The molecular weight excluding hydrogens is 304 g/mol. The van der Waals surface area contributed by atoms with Crippen molar-refractivity contribution in [2.75, 3.05) is 39.7 Å². The zero-order chi connectivity index (χ0) is 17.7. The Morgan fingerprint density at radius 1 is 1.33 bits per heavy atom. The van der Waals surface area contributed by atoms with E-state index >= 15 is 0 Å². The van der Waals surface area contributed by atoms with Crippen molar-refractivity contribution in [2.45, 2.75) is 19.1 Å². The van der Waals surface area contributed by atoms with E-state index in [-0.39, 0.29) is 0 Å². The van der Waals surface area contributed by atoms with Gasteiger partial charge in [0.2, 0.25) is 0 Å². The van der Waals surface area contributed by atoms with E-state index in [9.17, 15) is 4.79 Å². The van der Waals surface area contributed by atoms with Crippen molar-refractivity contribution in [1.29, 1.82) is 0 Å². The fraction of sp³-hybridized carbons (Fsp3) is 0.421. The zero-order valence-electron chi connectivity index (χ0n) is 15.1. The minimum absolute atomic E-state index is 0.305. The minimum atomic E-state index is -0.519. The van der Waals surface area contributed by atoms with Gasteiger partial charge in [0.15, 0.2) is 17.8 Å². The van der Waals surface area contributed by atoms with Gasteiger partial charge in [-0.05, 0) is 43.4 Å². The van der Waals surface area contributed by atoms with E-state index < -0.39 is 5.72 Å². The molecule has 1 atom stereocenters. The average molecular weight is 330 g/mol. The van der Waals surface area contributed by atoms with Crippen molar-refractivity contribution in [3.63, 3.8) is 0 Å². The molecule has 0 saturated carbocycles. The topological polar surface area (TPSA) is 42.0 Å². The molecule has 1 aromatic carbocycles. The number of rotatable bonds is 8. The summed E-state index contributed by atoms with van der Waals surface area (Å²) < 4.78 is 11.4. The maximum absolute atomic E-state index is 11.5. The van der Waals surface area contributed by atoms with Crippen LogP contribution in [-0.4, -0.2) is 51.7 Å². The lowest BCUT2D eigenvalue weighted by Crippen LogP contribution is -2.50. The fourth-order valence-corrected chi connectivity index (χ4v) is 2.63. The first-order chi connectivity index (χ1) is 11.5. The summed E-state index contributed by atoms with van der Waals surface area (Å²) in [5.41, 5.74) is 1.32. The Bertz CT molecular complexity index is 652. The van der Waals surface area contributed by atoms with Crippen LogP contribution in [0, 0.1) is 0 Å². The number of hydrogen-bond acceptors (Lipinski definition) is 5. The lowest BCUT2D eigenvalue weighted by Gasteiger charge is -2.42. The van der Waals surface area contributed by atoms with E-state index in [4.69, 9.17) is 9.47 Å². The quantitative estimate of drug-likeness (QED) is 0.241. The van der Waals surface area contributed by atoms with Crippen molar-refractivity contribution < 1.29 is 14.3 Å². The van der Waals surface area contributed by atoms with Gasteiger partial charge < -0.3 is 14.4 Å². The van der Waals surface area contributed by atoms with Crippen LogP contribution in [0.15, 0.2) is 36.1 Å². The molecule has 0 aliphatic heterocycles. The molecule has 0 amide bonds. The number of aldehydes is 1. The maximum atomic E-state index is 11.5. The van der Waals surface area contributed by atoms with Crippen LogP contribution in [-0.2, 0) is 9.53 Å². The summed E-state index contributed by atoms with van der Waals surface area (Å²) in [5, 5.41) is 0. The number of likely N-dealkylation sites (N-methyl/N-ethyl adjacent to an activating group) is 1. The Morgan fingerprint density at radius 3 is 2.50 bits per heavy atom. The van der Waals surface area contributed by atoms with Gasteiger partial charge in [-0.2, -0.15) is 0 Å². The summed E-state index contributed by atoms with van der Waals surface area (Å²) in [7, 11) is 7.54. The van der Waals surface area contributed by atoms with Gasteiger partial charge in [0, 0.05) is 20.5 Å². The number of carbonyl (C=O) groups is 1. The van der Waals surface area contributed by atoms with E-state index in [0.717, 1.165) is 36.3 Å². The van der Waals surface area contributed by atoms with Crippen LogP contribution in [0.3, 0.4) is 0 Å². The summed E-state index contributed by atoms with van der Waals surface area (Å²) in [4.78, 5) is 15.6. The van der Waals surface area contributed by atoms with Gasteiger partial charge in [-0.25, -0.2) is 0 Å². The molecule has 5 nitrogen and oxygen atoms in total. The first-order valence-corrected chi connectivity index (χ1v) is 8.06. The van der Waals surface area contributed by atoms with E-state index in [1.807, 2.05) is 56.4 Å². The smallest absolute Gasteiger partial charge is 0.186 e. The second-order valence-corrected chi connectivity index (χ2v) is 6.06. The van der Waals surface area contributed by atoms with Crippen molar-refractivity contribution in [3.8, 4) is 5.75 Å². The second-order valence-electron chi connectivity index (χ2n) is 6.06. The van der Waals surface area contributed by atoms with Gasteiger partial charge in [0.1, 0.15) is 5.75 Å². The summed E-state index contributed by atoms with van der Waals surface area (Å²) in [5.74, 6) is 1.06. The number of methoxy groups -OCH3 is 1. The molecule has 0 bridgehead atoms. The summed E-state index contributed by atoms with van der Waals surface area (Å²) in [6, 6.07) is 5.80. The van der Waals surface area contributed by atoms with Crippen LogP contribution >= 0.6 is 0 Å². The van der Waals surface area contributed by atoms with Crippen LogP contribution in [0.5, 0.6) is 5.75 Å². The number of nitrogens with zero attached hydrogens (tertiary/aromatic N) is 2. The van der Waals surface area contributed by atoms with E-state index in [1.165, 1.54) is 0 Å². The molecule has 0 fully saturated rings. The number of anilines is 1. The molecule has 1 aliphatic carbocycles. The Morgan fingerprint density at radius 2 is 2.04 bits per heavy atom. The molecular formula is C19H26N2O3. The molecule has 0 radical (unpaired) electrons. The second kappa shape index (κ2) is 7.53. The number of benzene rings is 1. The first-order valence-electron chi connectivity index (χ1n) is 8.06. The number of ether oxygens (including phenoxy) is 2. The zero-order valence-corrected chi connectivity index (χ0v) is 15.1. The van der Waals surface area contributed by atoms with Gasteiger partial charge in [0.05, 0.1) is 12.8 Å². The molecule has 130 valence electrons. The molecule has 1 aliphatic rings. The highest BCUT2D eigenvalue weighted by molar-refractivity contribution is 5.80. The van der Waals surface area contributed by atoms with Gasteiger partial charge in [-0.1, -0.05) is 19.1 Å². The molecule has 0 spiro atoms. The normalized spacial score (nSPS) is 19.8. The third-order valence-corrected chi connectivity index (χ3v) is 4.31. The van der Waals surface area contributed by atoms with Crippen LogP contribution in [0.4, 0.5) is 5.69 Å². The Hall–Kier alpha value is -2.27. The average Bonchev–Trinajstić information content (AvgIpc) is 2.55. The number of hydrogen-bond donors (Lipinski definition) is 0. The summed E-state index contributed by atoms with van der Waals surface area (Å²) in [6.45, 7) is 2.90. The van der Waals surface area contributed by atoms with Crippen molar-refractivity contribution >= 4 is 18.0 Å². The van der Waals surface area contributed by atoms with Gasteiger partial charge in [-0.3, -0.25) is 9.69 Å². The van der Waals surface area contributed by atoms with Crippen molar-refractivity contribution in [1.82, 2.24) is 4.90 Å². The molecule has 1 aromatic rings. The van der Waals surface area contributed by atoms with Crippen LogP contribution < -0.4 is 9.64 Å². The number of carbonyl (C=O) groups excluding carboxylic acids is 1. The Labute approximate surface area is 144 Å². The van der Waals surface area contributed by atoms with Gasteiger partial charge in [-0.15, -0.1) is 0 Å². The van der Waals surface area contributed by atoms with Crippen LogP contribution in [0.25, 0.3) is 6.08 Å². The highest BCUT2D eigenvalue weighted by Crippen LogP contribution is 2.33. The fourth-order valence-electron chi connectivity index (χ4n) is 2.63. The monoisotopic (exact) mass is 330 g/mol. The third-order valence-electron chi connectivity index (χ3n) is 4.31. The molecule has 0 aromatic heterocycles.